The fourth-order valence-corrected chi connectivity index (χ4v) is 2.54. The second-order valence-corrected chi connectivity index (χ2v) is 6.49. The second-order valence-electron chi connectivity index (χ2n) is 6.49. The zero-order valence-corrected chi connectivity index (χ0v) is 13.0. The van der Waals surface area contributed by atoms with E-state index in [4.69, 9.17) is 0 Å². The van der Waals surface area contributed by atoms with E-state index >= 15 is 0 Å². The van der Waals surface area contributed by atoms with Crippen LogP contribution in [0.1, 0.15) is 97.8 Å². The van der Waals surface area contributed by atoms with Crippen molar-refractivity contribution in [2.24, 2.45) is 0 Å². The Kier molecular flexibility index (Phi) is 11.2. The first-order valence-corrected chi connectivity index (χ1v) is 8.12. The molecule has 1 heteroatoms. The molecule has 0 aliphatic rings. The van der Waals surface area contributed by atoms with Gasteiger partial charge in [-0.1, -0.05) is 103 Å². The Morgan fingerprint density at radius 1 is 0.647 bits per heavy atom. The highest BCUT2D eigenvalue weighted by Gasteiger charge is 2.16. The smallest absolute Gasteiger partial charge is 0.0669 e. The predicted octanol–water partition coefficient (Wildman–Crippen LogP) is 5.52. The van der Waals surface area contributed by atoms with E-state index in [1.807, 2.05) is 0 Å². The van der Waals surface area contributed by atoms with Crippen LogP contribution in [0, 0.1) is 0 Å². The molecule has 0 aromatic rings. The Balaban J connectivity index is 3.38. The SMILES string of the molecule is BC(C)(CCCCCCC)CCCCCCC. The van der Waals surface area contributed by atoms with Crippen molar-refractivity contribution >= 4 is 7.85 Å². The average molecular weight is 238 g/mol. The molecule has 0 unspecified atom stereocenters. The summed E-state index contributed by atoms with van der Waals surface area (Å²) in [5.41, 5.74) is 0. The molecule has 0 fully saturated rings. The molecule has 0 aliphatic carbocycles. The molecule has 0 heterocycles. The minimum atomic E-state index is 0.596. The maximum Gasteiger partial charge on any atom is 0.109 e. The lowest BCUT2D eigenvalue weighted by molar-refractivity contribution is 0.452. The molecule has 0 bridgehead atoms. The summed E-state index contributed by atoms with van der Waals surface area (Å²) >= 11 is 0. The second kappa shape index (κ2) is 11.2. The van der Waals surface area contributed by atoms with Crippen molar-refractivity contribution in [3.63, 3.8) is 0 Å². The van der Waals surface area contributed by atoms with E-state index in [1.54, 1.807) is 0 Å². The van der Waals surface area contributed by atoms with E-state index in [0.717, 1.165) is 0 Å². The molecule has 0 saturated heterocycles. The molecule has 0 amide bonds. The summed E-state index contributed by atoms with van der Waals surface area (Å²) in [6.07, 6.45) is 17.1. The van der Waals surface area contributed by atoms with Crippen LogP contribution in [0.15, 0.2) is 0 Å². The van der Waals surface area contributed by atoms with Crippen LogP contribution in [0.2, 0.25) is 5.31 Å². The Bertz CT molecular complexity index is 136. The third-order valence-corrected chi connectivity index (χ3v) is 3.91. The molecular weight excluding hydrogens is 203 g/mol. The predicted molar refractivity (Wildman–Crippen MR) is 83.7 cm³/mol. The first-order chi connectivity index (χ1) is 8.12. The lowest BCUT2D eigenvalue weighted by Gasteiger charge is -2.24. The van der Waals surface area contributed by atoms with Gasteiger partial charge in [-0.25, -0.2) is 0 Å². The molecule has 0 rings (SSSR count). The van der Waals surface area contributed by atoms with Gasteiger partial charge in [0.15, 0.2) is 0 Å². The fourth-order valence-electron chi connectivity index (χ4n) is 2.54. The monoisotopic (exact) mass is 238 g/mol. The average Bonchev–Trinajstić information content (AvgIpc) is 2.28. The van der Waals surface area contributed by atoms with Crippen molar-refractivity contribution in [2.75, 3.05) is 0 Å². The molecule has 17 heavy (non-hydrogen) atoms. The molecule has 0 spiro atoms. The van der Waals surface area contributed by atoms with Crippen LogP contribution in [0.25, 0.3) is 0 Å². The third kappa shape index (κ3) is 12.3. The van der Waals surface area contributed by atoms with Crippen LogP contribution in [0.4, 0.5) is 0 Å². The van der Waals surface area contributed by atoms with E-state index in [-0.39, 0.29) is 0 Å². The van der Waals surface area contributed by atoms with E-state index in [0.29, 0.717) is 5.31 Å². The maximum absolute atomic E-state index is 2.46. The van der Waals surface area contributed by atoms with E-state index in [2.05, 4.69) is 28.6 Å². The van der Waals surface area contributed by atoms with Crippen LogP contribution in [0.5, 0.6) is 0 Å². The van der Waals surface area contributed by atoms with Gasteiger partial charge < -0.3 is 0 Å². The first-order valence-electron chi connectivity index (χ1n) is 8.12. The van der Waals surface area contributed by atoms with Crippen molar-refractivity contribution in [2.45, 2.75) is 103 Å². The molecule has 0 aromatic heterocycles. The molecular formula is C16H35B. The molecule has 0 aromatic carbocycles. The van der Waals surface area contributed by atoms with Gasteiger partial charge in [-0.05, 0) is 0 Å². The summed E-state index contributed by atoms with van der Waals surface area (Å²) in [6, 6.07) is 0. The molecule has 0 nitrogen and oxygen atoms in total. The largest absolute Gasteiger partial charge is 0.109 e. The van der Waals surface area contributed by atoms with Crippen LogP contribution >= 0.6 is 0 Å². The van der Waals surface area contributed by atoms with Gasteiger partial charge in [0.05, 0.1) is 0 Å². The molecule has 0 N–H and O–H groups in total. The Labute approximate surface area is 111 Å². The zero-order chi connectivity index (χ0) is 13.0. The van der Waals surface area contributed by atoms with Crippen LogP contribution in [-0.4, -0.2) is 7.85 Å². The van der Waals surface area contributed by atoms with Gasteiger partial charge in [0.2, 0.25) is 0 Å². The standard InChI is InChI=1S/C16H35B/c1-4-6-8-10-12-14-16(3,17)15-13-11-9-7-5-2/h4-15,17H2,1-3H3. The molecule has 0 atom stereocenters. The lowest BCUT2D eigenvalue weighted by atomic mass is 9.64. The fraction of sp³-hybridized carbons (Fsp3) is 1.00. The third-order valence-electron chi connectivity index (χ3n) is 3.91. The summed E-state index contributed by atoms with van der Waals surface area (Å²) in [5.74, 6) is 0. The Morgan fingerprint density at radius 3 is 1.35 bits per heavy atom. The van der Waals surface area contributed by atoms with Crippen molar-refractivity contribution in [1.82, 2.24) is 0 Å². The normalized spacial score (nSPS) is 11.9. The molecule has 0 aliphatic heterocycles. The van der Waals surface area contributed by atoms with Gasteiger partial charge in [0.25, 0.3) is 0 Å². The van der Waals surface area contributed by atoms with Gasteiger partial charge in [0, 0.05) is 0 Å². The number of unbranched alkanes of at least 4 members (excludes halogenated alkanes) is 8. The van der Waals surface area contributed by atoms with Crippen LogP contribution < -0.4 is 0 Å². The maximum atomic E-state index is 2.46. The van der Waals surface area contributed by atoms with Gasteiger partial charge in [-0.3, -0.25) is 0 Å². The van der Waals surface area contributed by atoms with Crippen LogP contribution in [-0.2, 0) is 0 Å². The van der Waals surface area contributed by atoms with Crippen LogP contribution in [0.3, 0.4) is 0 Å². The van der Waals surface area contributed by atoms with Crippen molar-refractivity contribution < 1.29 is 0 Å². The molecule has 102 valence electrons. The van der Waals surface area contributed by atoms with E-state index in [1.165, 1.54) is 77.0 Å². The van der Waals surface area contributed by atoms with Gasteiger partial charge in [-0.2, -0.15) is 0 Å². The van der Waals surface area contributed by atoms with Gasteiger partial charge >= 0.3 is 0 Å². The highest BCUT2D eigenvalue weighted by atomic mass is 14.2. The summed E-state index contributed by atoms with van der Waals surface area (Å²) in [6.45, 7) is 7.05. The Morgan fingerprint density at radius 2 is 1.00 bits per heavy atom. The Hall–Kier alpha value is 0.0649. The van der Waals surface area contributed by atoms with Crippen molar-refractivity contribution in [3.05, 3.63) is 0 Å². The van der Waals surface area contributed by atoms with Crippen molar-refractivity contribution in [1.29, 1.82) is 0 Å². The quantitative estimate of drug-likeness (QED) is 0.310. The summed E-state index contributed by atoms with van der Waals surface area (Å²) in [4.78, 5) is 0. The number of hydrogen-bond acceptors (Lipinski definition) is 0. The summed E-state index contributed by atoms with van der Waals surface area (Å²) < 4.78 is 0. The van der Waals surface area contributed by atoms with Crippen molar-refractivity contribution in [3.8, 4) is 0 Å². The molecule has 0 saturated carbocycles. The highest BCUT2D eigenvalue weighted by Crippen LogP contribution is 2.34. The minimum absolute atomic E-state index is 0.596. The zero-order valence-electron chi connectivity index (χ0n) is 13.0. The lowest BCUT2D eigenvalue weighted by Crippen LogP contribution is -2.08. The highest BCUT2D eigenvalue weighted by molar-refractivity contribution is 6.14. The molecule has 0 radical (unpaired) electrons. The summed E-state index contributed by atoms with van der Waals surface area (Å²) in [5, 5.41) is 0.596. The number of hydrogen-bond donors (Lipinski definition) is 0. The van der Waals surface area contributed by atoms with Gasteiger partial charge in [-0.15, -0.1) is 0 Å². The van der Waals surface area contributed by atoms with E-state index in [9.17, 15) is 0 Å². The summed E-state index contributed by atoms with van der Waals surface area (Å²) in [7, 11) is 2.46. The van der Waals surface area contributed by atoms with Gasteiger partial charge in [0.1, 0.15) is 7.85 Å². The van der Waals surface area contributed by atoms with E-state index < -0.39 is 0 Å². The first kappa shape index (κ1) is 17.1. The number of rotatable bonds is 12. The minimum Gasteiger partial charge on any atom is -0.0669 e. The topological polar surface area (TPSA) is 0 Å².